The van der Waals surface area contributed by atoms with Gasteiger partial charge >= 0.3 is 0 Å². The molecule has 16 heavy (non-hydrogen) atoms. The Morgan fingerprint density at radius 2 is 2.00 bits per heavy atom. The molecule has 0 saturated heterocycles. The lowest BCUT2D eigenvalue weighted by molar-refractivity contribution is -0.125. The van der Waals surface area contributed by atoms with E-state index in [0.717, 1.165) is 5.56 Å². The lowest BCUT2D eigenvalue weighted by Gasteiger charge is -2.20. The third kappa shape index (κ3) is 2.44. The molecule has 0 aliphatic carbocycles. The smallest absolute Gasteiger partial charge is 0.202 e. The van der Waals surface area contributed by atoms with Crippen LogP contribution in [0.2, 0.25) is 0 Å². The molecule has 0 saturated carbocycles. The van der Waals surface area contributed by atoms with Gasteiger partial charge in [-0.2, -0.15) is 0 Å². The number of nitrogens with one attached hydrogen (secondary N) is 2. The normalized spacial score (nSPS) is 20.2. The van der Waals surface area contributed by atoms with Crippen molar-refractivity contribution < 1.29 is 14.3 Å². The molecule has 0 amide bonds. The topological polar surface area (TPSA) is 61.4 Å². The Bertz CT molecular complexity index is 428. The first-order valence-electron chi connectivity index (χ1n) is 4.83. The molecule has 3 N–H and O–H groups in total. The molecule has 1 unspecified atom stereocenters. The molecule has 0 aromatic heterocycles. The molecule has 5 heteroatoms. The van der Waals surface area contributed by atoms with Crippen LogP contribution in [0.3, 0.4) is 0 Å². The minimum atomic E-state index is -1.20. The average molecular weight is 222 g/mol. The molecule has 1 heterocycles. The summed E-state index contributed by atoms with van der Waals surface area (Å²) < 4.78 is 12.6. The number of allylic oxidation sites excluding steroid dienone is 1. The van der Waals surface area contributed by atoms with Crippen molar-refractivity contribution in [2.45, 2.75) is 12.6 Å². The summed E-state index contributed by atoms with van der Waals surface area (Å²) in [4.78, 5) is 11.2. The molecule has 0 bridgehead atoms. The fraction of sp³-hybridized carbons (Fsp3) is 0.182. The average Bonchev–Trinajstić information content (AvgIpc) is 2.27. The largest absolute Gasteiger partial charge is 0.370 e. The Morgan fingerprint density at radius 1 is 1.31 bits per heavy atom. The van der Waals surface area contributed by atoms with Crippen molar-refractivity contribution in [3.05, 3.63) is 47.4 Å². The number of halogens is 1. The van der Waals surface area contributed by atoms with Gasteiger partial charge in [-0.25, -0.2) is 9.82 Å². The number of aliphatic hydroxyl groups excluding tert-OH is 1. The summed E-state index contributed by atoms with van der Waals surface area (Å²) in [5, 5.41) is 9.08. The second-order valence-corrected chi connectivity index (χ2v) is 3.55. The fourth-order valence-corrected chi connectivity index (χ4v) is 1.44. The van der Waals surface area contributed by atoms with Gasteiger partial charge in [-0.3, -0.25) is 4.79 Å². The van der Waals surface area contributed by atoms with E-state index in [4.69, 9.17) is 5.11 Å². The first-order valence-corrected chi connectivity index (χ1v) is 4.83. The minimum Gasteiger partial charge on any atom is -0.370 e. The summed E-state index contributed by atoms with van der Waals surface area (Å²) in [5.41, 5.74) is 6.66. The van der Waals surface area contributed by atoms with Gasteiger partial charge in [-0.15, -0.1) is 0 Å². The third-order valence-electron chi connectivity index (χ3n) is 2.26. The van der Waals surface area contributed by atoms with Crippen molar-refractivity contribution in [3.8, 4) is 0 Å². The molecule has 1 atom stereocenters. The van der Waals surface area contributed by atoms with Gasteiger partial charge in [0.15, 0.2) is 6.23 Å². The summed E-state index contributed by atoms with van der Waals surface area (Å²) in [6, 6.07) is 6.02. The van der Waals surface area contributed by atoms with Crippen LogP contribution in [-0.2, 0) is 11.2 Å². The van der Waals surface area contributed by atoms with Crippen LogP contribution in [0.15, 0.2) is 36.0 Å². The van der Waals surface area contributed by atoms with Crippen LogP contribution in [-0.4, -0.2) is 17.1 Å². The second-order valence-electron chi connectivity index (χ2n) is 3.55. The molecule has 1 aromatic carbocycles. The maximum Gasteiger partial charge on any atom is 0.202 e. The lowest BCUT2D eigenvalue weighted by Crippen LogP contribution is -2.48. The predicted molar refractivity (Wildman–Crippen MR) is 55.5 cm³/mol. The minimum absolute atomic E-state index is 0.293. The summed E-state index contributed by atoms with van der Waals surface area (Å²) in [7, 11) is 0. The molecule has 0 fully saturated rings. The van der Waals surface area contributed by atoms with Gasteiger partial charge in [-0.05, 0) is 17.7 Å². The van der Waals surface area contributed by atoms with Gasteiger partial charge < -0.3 is 10.5 Å². The second kappa shape index (κ2) is 4.42. The summed E-state index contributed by atoms with van der Waals surface area (Å²) in [6.45, 7) is 0. The molecule has 0 radical (unpaired) electrons. The van der Waals surface area contributed by atoms with E-state index in [-0.39, 0.29) is 5.82 Å². The first kappa shape index (κ1) is 10.8. The molecule has 84 valence electrons. The third-order valence-corrected chi connectivity index (χ3v) is 2.26. The summed E-state index contributed by atoms with van der Waals surface area (Å²) in [6.07, 6.45) is 0.618. The summed E-state index contributed by atoms with van der Waals surface area (Å²) in [5.74, 6) is -0.685. The highest BCUT2D eigenvalue weighted by Crippen LogP contribution is 2.09. The van der Waals surface area contributed by atoms with E-state index >= 15 is 0 Å². The van der Waals surface area contributed by atoms with Gasteiger partial charge in [0.2, 0.25) is 5.78 Å². The molecule has 1 aromatic rings. The van der Waals surface area contributed by atoms with E-state index in [1.807, 2.05) is 0 Å². The number of aliphatic hydroxyl groups is 1. The van der Waals surface area contributed by atoms with Crippen LogP contribution >= 0.6 is 0 Å². The number of ketones is 1. The molecular formula is C11H11FN2O2. The zero-order chi connectivity index (χ0) is 11.5. The van der Waals surface area contributed by atoms with Crippen LogP contribution in [0, 0.1) is 5.82 Å². The van der Waals surface area contributed by atoms with Gasteiger partial charge in [0, 0.05) is 18.2 Å². The van der Waals surface area contributed by atoms with Crippen molar-refractivity contribution in [3.63, 3.8) is 0 Å². The maximum absolute atomic E-state index is 12.6. The number of benzene rings is 1. The quantitative estimate of drug-likeness (QED) is 0.671. The number of carbonyl (C=O) groups excluding carboxylic acids is 1. The van der Waals surface area contributed by atoms with Crippen LogP contribution in [0.25, 0.3) is 0 Å². The monoisotopic (exact) mass is 222 g/mol. The Hall–Kier alpha value is -1.72. The van der Waals surface area contributed by atoms with Crippen LogP contribution in [0.4, 0.5) is 4.39 Å². The van der Waals surface area contributed by atoms with E-state index in [0.29, 0.717) is 12.1 Å². The zero-order valence-corrected chi connectivity index (χ0v) is 8.40. The number of hydrogen-bond acceptors (Lipinski definition) is 4. The number of hydrogen-bond donors (Lipinski definition) is 3. The Labute approximate surface area is 91.8 Å². The Morgan fingerprint density at radius 3 is 2.62 bits per heavy atom. The maximum atomic E-state index is 12.6. The number of carbonyl (C=O) groups is 1. The van der Waals surface area contributed by atoms with Gasteiger partial charge in [0.1, 0.15) is 5.82 Å². The van der Waals surface area contributed by atoms with Crippen molar-refractivity contribution in [2.24, 2.45) is 0 Å². The van der Waals surface area contributed by atoms with E-state index < -0.39 is 12.0 Å². The van der Waals surface area contributed by atoms with Crippen molar-refractivity contribution >= 4 is 5.78 Å². The zero-order valence-electron chi connectivity index (χ0n) is 8.40. The van der Waals surface area contributed by atoms with Crippen LogP contribution in [0.1, 0.15) is 5.56 Å². The summed E-state index contributed by atoms with van der Waals surface area (Å²) >= 11 is 0. The Balaban J connectivity index is 2.08. The number of rotatable bonds is 2. The van der Waals surface area contributed by atoms with E-state index in [9.17, 15) is 9.18 Å². The van der Waals surface area contributed by atoms with Crippen LogP contribution in [0.5, 0.6) is 0 Å². The first-order chi connectivity index (χ1) is 7.65. The van der Waals surface area contributed by atoms with E-state index in [2.05, 4.69) is 10.9 Å². The SMILES string of the molecule is O=C1C=C(Cc2ccc(F)cc2)NNC1O. The van der Waals surface area contributed by atoms with Gasteiger partial charge in [0.25, 0.3) is 0 Å². The molecule has 1 aliphatic rings. The molecule has 1 aliphatic heterocycles. The number of hydrazine groups is 1. The predicted octanol–water partition coefficient (Wildman–Crippen LogP) is 0.247. The van der Waals surface area contributed by atoms with Crippen LogP contribution < -0.4 is 10.9 Å². The molecular weight excluding hydrogens is 211 g/mol. The highest BCUT2D eigenvalue weighted by molar-refractivity contribution is 5.94. The van der Waals surface area contributed by atoms with Crippen molar-refractivity contribution in [2.75, 3.05) is 0 Å². The van der Waals surface area contributed by atoms with Crippen molar-refractivity contribution in [1.82, 2.24) is 10.9 Å². The highest BCUT2D eigenvalue weighted by atomic mass is 19.1. The Kier molecular flexibility index (Phi) is 2.98. The highest BCUT2D eigenvalue weighted by Gasteiger charge is 2.18. The molecule has 2 rings (SSSR count). The molecule has 4 nitrogen and oxygen atoms in total. The van der Waals surface area contributed by atoms with Gasteiger partial charge in [-0.1, -0.05) is 12.1 Å². The van der Waals surface area contributed by atoms with E-state index in [1.54, 1.807) is 12.1 Å². The van der Waals surface area contributed by atoms with E-state index in [1.165, 1.54) is 18.2 Å². The standard InChI is InChI=1S/C11H11FN2O2/c12-8-3-1-7(2-4-8)5-9-6-10(15)11(16)14-13-9/h1-4,6,11,13-14,16H,5H2. The van der Waals surface area contributed by atoms with Crippen molar-refractivity contribution in [1.29, 1.82) is 0 Å². The lowest BCUT2D eigenvalue weighted by atomic mass is 10.1. The molecule has 0 spiro atoms. The van der Waals surface area contributed by atoms with Gasteiger partial charge in [0.05, 0.1) is 0 Å². The fourth-order valence-electron chi connectivity index (χ4n) is 1.44.